The number of hydrogen-bond acceptors (Lipinski definition) is 6. The molecule has 0 unspecified atom stereocenters. The number of hydrogen-bond donors (Lipinski definition) is 0. The van der Waals surface area contributed by atoms with Crippen LogP contribution in [-0.2, 0) is 19.4 Å². The van der Waals surface area contributed by atoms with E-state index in [1.807, 2.05) is 12.1 Å². The van der Waals surface area contributed by atoms with Gasteiger partial charge < -0.3 is 18.6 Å². The summed E-state index contributed by atoms with van der Waals surface area (Å²) in [5, 5.41) is 8.16. The summed E-state index contributed by atoms with van der Waals surface area (Å²) in [6.07, 6.45) is 3.50. The molecule has 1 aliphatic carbocycles. The van der Waals surface area contributed by atoms with E-state index in [9.17, 15) is 0 Å². The predicted molar refractivity (Wildman–Crippen MR) is 95.6 cm³/mol. The van der Waals surface area contributed by atoms with E-state index in [4.69, 9.17) is 18.6 Å². The average Bonchev–Trinajstić information content (AvgIpc) is 3.34. The molecule has 3 aromatic rings. The van der Waals surface area contributed by atoms with E-state index >= 15 is 0 Å². The van der Waals surface area contributed by atoms with Crippen LogP contribution in [0.4, 0.5) is 0 Å². The Balaban J connectivity index is 1.46. The minimum absolute atomic E-state index is 0.235. The molecule has 134 valence electrons. The van der Waals surface area contributed by atoms with Gasteiger partial charge in [0.05, 0.1) is 14.2 Å². The molecule has 0 radical (unpaired) electrons. The number of benzene rings is 2. The Morgan fingerprint density at radius 3 is 2.62 bits per heavy atom. The van der Waals surface area contributed by atoms with Gasteiger partial charge >= 0.3 is 0 Å². The zero-order valence-corrected chi connectivity index (χ0v) is 14.8. The first-order valence-electron chi connectivity index (χ1n) is 8.56. The van der Waals surface area contributed by atoms with Gasteiger partial charge in [-0.15, -0.1) is 10.2 Å². The van der Waals surface area contributed by atoms with Gasteiger partial charge in [0.1, 0.15) is 5.75 Å². The Morgan fingerprint density at radius 2 is 1.77 bits per heavy atom. The van der Waals surface area contributed by atoms with Crippen LogP contribution in [0.3, 0.4) is 0 Å². The summed E-state index contributed by atoms with van der Waals surface area (Å²) in [5.74, 6) is 2.93. The molecule has 0 spiro atoms. The Morgan fingerprint density at radius 1 is 0.923 bits per heavy atom. The molecule has 1 aliphatic rings. The lowest BCUT2D eigenvalue weighted by Gasteiger charge is -2.07. The standard InChI is InChI=1S/C20H20N2O4/c1-23-17-9-7-15(11-18(17)24-2)20-22-21-19(26-20)12-25-16-8-6-13-4-3-5-14(13)10-16/h6-11H,3-5,12H2,1-2H3. The minimum atomic E-state index is 0.235. The zero-order valence-electron chi connectivity index (χ0n) is 14.8. The maximum absolute atomic E-state index is 5.81. The highest BCUT2D eigenvalue weighted by Gasteiger charge is 2.14. The summed E-state index contributed by atoms with van der Waals surface area (Å²) in [6.45, 7) is 0.235. The lowest BCUT2D eigenvalue weighted by molar-refractivity contribution is 0.264. The van der Waals surface area contributed by atoms with Crippen LogP contribution < -0.4 is 14.2 Å². The van der Waals surface area contributed by atoms with Crippen molar-refractivity contribution in [2.75, 3.05) is 14.2 Å². The molecule has 2 aromatic carbocycles. The van der Waals surface area contributed by atoms with Crippen molar-refractivity contribution in [3.8, 4) is 28.7 Å². The van der Waals surface area contributed by atoms with Gasteiger partial charge in [0.15, 0.2) is 18.1 Å². The summed E-state index contributed by atoms with van der Waals surface area (Å²) in [6, 6.07) is 11.7. The van der Waals surface area contributed by atoms with E-state index in [0.717, 1.165) is 24.2 Å². The van der Waals surface area contributed by atoms with Gasteiger partial charge in [0, 0.05) is 5.56 Å². The van der Waals surface area contributed by atoms with Crippen LogP contribution in [0, 0.1) is 0 Å². The molecule has 6 heteroatoms. The molecule has 0 amide bonds. The van der Waals surface area contributed by atoms with Crippen LogP contribution in [0.1, 0.15) is 23.4 Å². The third-order valence-corrected chi connectivity index (χ3v) is 4.53. The van der Waals surface area contributed by atoms with Crippen molar-refractivity contribution in [1.29, 1.82) is 0 Å². The van der Waals surface area contributed by atoms with Crippen LogP contribution in [0.15, 0.2) is 40.8 Å². The first kappa shape index (κ1) is 16.4. The number of rotatable bonds is 6. The van der Waals surface area contributed by atoms with Crippen molar-refractivity contribution in [2.24, 2.45) is 0 Å². The van der Waals surface area contributed by atoms with Crippen LogP contribution in [0.2, 0.25) is 0 Å². The van der Waals surface area contributed by atoms with E-state index < -0.39 is 0 Å². The quantitative estimate of drug-likeness (QED) is 0.672. The molecule has 4 rings (SSSR count). The number of ether oxygens (including phenoxy) is 3. The summed E-state index contributed by atoms with van der Waals surface area (Å²) in [7, 11) is 3.18. The fourth-order valence-electron chi connectivity index (χ4n) is 3.18. The van der Waals surface area contributed by atoms with Crippen molar-refractivity contribution >= 4 is 0 Å². The maximum Gasteiger partial charge on any atom is 0.254 e. The van der Waals surface area contributed by atoms with Gasteiger partial charge in [0.25, 0.3) is 5.89 Å². The van der Waals surface area contributed by atoms with Gasteiger partial charge in [-0.1, -0.05) is 6.07 Å². The van der Waals surface area contributed by atoms with Gasteiger partial charge in [-0.05, 0) is 60.7 Å². The molecule has 0 fully saturated rings. The molecule has 0 N–H and O–H groups in total. The molecule has 0 atom stereocenters. The van der Waals surface area contributed by atoms with Gasteiger partial charge in [-0.2, -0.15) is 0 Å². The minimum Gasteiger partial charge on any atom is -0.493 e. The van der Waals surface area contributed by atoms with Crippen LogP contribution >= 0.6 is 0 Å². The second kappa shape index (κ2) is 7.07. The fraction of sp³-hybridized carbons (Fsp3) is 0.300. The molecular formula is C20H20N2O4. The van der Waals surface area contributed by atoms with Crippen LogP contribution in [-0.4, -0.2) is 24.4 Å². The lowest BCUT2D eigenvalue weighted by Crippen LogP contribution is -1.96. The van der Waals surface area contributed by atoms with E-state index in [1.54, 1.807) is 26.4 Å². The molecule has 0 saturated heterocycles. The van der Waals surface area contributed by atoms with Crippen molar-refractivity contribution in [3.63, 3.8) is 0 Å². The molecule has 1 aromatic heterocycles. The molecular weight excluding hydrogens is 332 g/mol. The van der Waals surface area contributed by atoms with Gasteiger partial charge in [-0.25, -0.2) is 0 Å². The molecule has 6 nitrogen and oxygen atoms in total. The Bertz CT molecular complexity index is 920. The highest BCUT2D eigenvalue weighted by molar-refractivity contribution is 5.59. The molecule has 0 saturated carbocycles. The molecule has 0 bridgehead atoms. The maximum atomic E-state index is 5.81. The lowest BCUT2D eigenvalue weighted by atomic mass is 10.1. The highest BCUT2D eigenvalue weighted by Crippen LogP contribution is 2.32. The Kier molecular flexibility index (Phi) is 4.48. The van der Waals surface area contributed by atoms with E-state index in [-0.39, 0.29) is 6.61 Å². The molecule has 26 heavy (non-hydrogen) atoms. The van der Waals surface area contributed by atoms with E-state index in [1.165, 1.54) is 17.5 Å². The first-order chi connectivity index (χ1) is 12.8. The summed E-state index contributed by atoms with van der Waals surface area (Å²) in [4.78, 5) is 0. The number of fused-ring (bicyclic) bond motifs is 1. The summed E-state index contributed by atoms with van der Waals surface area (Å²) < 4.78 is 22.1. The summed E-state index contributed by atoms with van der Waals surface area (Å²) in [5.41, 5.74) is 3.56. The highest BCUT2D eigenvalue weighted by atomic mass is 16.5. The molecule has 1 heterocycles. The predicted octanol–water partition coefficient (Wildman–Crippen LogP) is 3.82. The SMILES string of the molecule is COc1ccc(-c2nnc(COc3ccc4c(c3)CCC4)o2)cc1OC. The van der Waals surface area contributed by atoms with Gasteiger partial charge in [0.2, 0.25) is 5.89 Å². The van der Waals surface area contributed by atoms with E-state index in [0.29, 0.717) is 23.3 Å². The van der Waals surface area contributed by atoms with Gasteiger partial charge in [-0.3, -0.25) is 0 Å². The Hall–Kier alpha value is -3.02. The van der Waals surface area contributed by atoms with Crippen molar-refractivity contribution < 1.29 is 18.6 Å². The second-order valence-electron chi connectivity index (χ2n) is 6.14. The topological polar surface area (TPSA) is 66.6 Å². The van der Waals surface area contributed by atoms with Crippen molar-refractivity contribution in [1.82, 2.24) is 10.2 Å². The third-order valence-electron chi connectivity index (χ3n) is 4.53. The van der Waals surface area contributed by atoms with Crippen molar-refractivity contribution in [3.05, 3.63) is 53.4 Å². The van der Waals surface area contributed by atoms with Crippen LogP contribution in [0.5, 0.6) is 17.2 Å². The normalized spacial score (nSPS) is 12.7. The average molecular weight is 352 g/mol. The summed E-state index contributed by atoms with van der Waals surface area (Å²) >= 11 is 0. The van der Waals surface area contributed by atoms with E-state index in [2.05, 4.69) is 22.3 Å². The number of aromatic nitrogens is 2. The fourth-order valence-corrected chi connectivity index (χ4v) is 3.18. The largest absolute Gasteiger partial charge is 0.493 e. The zero-order chi connectivity index (χ0) is 17.9. The number of aryl methyl sites for hydroxylation is 2. The number of nitrogens with zero attached hydrogens (tertiary/aromatic N) is 2. The smallest absolute Gasteiger partial charge is 0.254 e. The third kappa shape index (κ3) is 3.22. The first-order valence-corrected chi connectivity index (χ1v) is 8.56. The number of methoxy groups -OCH3 is 2. The molecule has 0 aliphatic heterocycles. The van der Waals surface area contributed by atoms with Crippen LogP contribution in [0.25, 0.3) is 11.5 Å². The van der Waals surface area contributed by atoms with Crippen molar-refractivity contribution in [2.45, 2.75) is 25.9 Å². The Labute approximate surface area is 151 Å². The monoisotopic (exact) mass is 352 g/mol. The second-order valence-corrected chi connectivity index (χ2v) is 6.14.